The van der Waals surface area contributed by atoms with E-state index >= 15 is 0 Å². The number of carbonyl (C=O) groups is 1. The number of ketones is 1. The van der Waals surface area contributed by atoms with E-state index in [4.69, 9.17) is 0 Å². The largest absolute Gasteiger partial charge is 0.315 e. The first kappa shape index (κ1) is 20.8. The summed E-state index contributed by atoms with van der Waals surface area (Å²) in [6, 6.07) is 6.37. The van der Waals surface area contributed by atoms with Gasteiger partial charge in [-0.15, -0.1) is 10.2 Å². The average Bonchev–Trinajstić information content (AvgIpc) is 3.06. The Morgan fingerprint density at radius 3 is 2.29 bits per heavy atom. The molecular formula is C24H35N3O. The van der Waals surface area contributed by atoms with Gasteiger partial charge in [0.05, 0.1) is 0 Å². The summed E-state index contributed by atoms with van der Waals surface area (Å²) < 4.78 is 2.23. The Balaban J connectivity index is 1.53. The number of nitrogens with zero attached hydrogens (tertiary/aromatic N) is 3. The highest BCUT2D eigenvalue weighted by Gasteiger charge is 2.17. The number of aryl methyl sites for hydroxylation is 4. The van der Waals surface area contributed by atoms with Crippen molar-refractivity contribution in [3.63, 3.8) is 0 Å². The number of Topliss-reactive ketones (excluding diaryl/α,β-unsaturated/α-hetero) is 1. The lowest BCUT2D eigenvalue weighted by Crippen LogP contribution is -2.12. The van der Waals surface area contributed by atoms with E-state index in [1.807, 2.05) is 0 Å². The highest BCUT2D eigenvalue weighted by Crippen LogP contribution is 2.27. The van der Waals surface area contributed by atoms with Crippen LogP contribution in [0.2, 0.25) is 0 Å². The van der Waals surface area contributed by atoms with Gasteiger partial charge >= 0.3 is 0 Å². The second-order valence-electron chi connectivity index (χ2n) is 8.53. The summed E-state index contributed by atoms with van der Waals surface area (Å²) in [6.07, 6.45) is 10.9. The van der Waals surface area contributed by atoms with Crippen molar-refractivity contribution in [2.75, 3.05) is 0 Å². The Bertz CT molecular complexity index is 767. The van der Waals surface area contributed by atoms with Crippen LogP contribution in [0, 0.1) is 19.8 Å². The van der Waals surface area contributed by atoms with Crippen molar-refractivity contribution >= 4 is 5.78 Å². The first-order valence-electron chi connectivity index (χ1n) is 11.0. The Kier molecular flexibility index (Phi) is 7.41. The highest BCUT2D eigenvalue weighted by atomic mass is 16.1. The van der Waals surface area contributed by atoms with Crippen LogP contribution >= 0.6 is 0 Å². The van der Waals surface area contributed by atoms with Crippen LogP contribution in [-0.2, 0) is 30.6 Å². The molecule has 0 N–H and O–H groups in total. The van der Waals surface area contributed by atoms with Gasteiger partial charge in [0.15, 0.2) is 0 Å². The number of carbonyl (C=O) groups excluding carboxylic acids is 1. The molecule has 4 heteroatoms. The summed E-state index contributed by atoms with van der Waals surface area (Å²) in [6.45, 7) is 7.20. The third-order valence-corrected chi connectivity index (χ3v) is 6.03. The van der Waals surface area contributed by atoms with Crippen LogP contribution in [0.25, 0.3) is 0 Å². The molecule has 0 saturated heterocycles. The minimum Gasteiger partial charge on any atom is -0.315 e. The summed E-state index contributed by atoms with van der Waals surface area (Å²) in [7, 11) is 0. The lowest BCUT2D eigenvalue weighted by atomic mass is 9.86. The fourth-order valence-electron chi connectivity index (χ4n) is 4.65. The molecule has 4 nitrogen and oxygen atoms in total. The van der Waals surface area contributed by atoms with Crippen LogP contribution in [0.15, 0.2) is 18.2 Å². The molecular weight excluding hydrogens is 346 g/mol. The van der Waals surface area contributed by atoms with Crippen molar-refractivity contribution in [1.82, 2.24) is 14.8 Å². The molecule has 1 aromatic heterocycles. The third-order valence-electron chi connectivity index (χ3n) is 6.03. The van der Waals surface area contributed by atoms with E-state index in [2.05, 4.69) is 53.7 Å². The van der Waals surface area contributed by atoms with Crippen molar-refractivity contribution in [2.45, 2.75) is 91.5 Å². The Hall–Kier alpha value is -1.97. The van der Waals surface area contributed by atoms with Crippen LogP contribution in [0.3, 0.4) is 0 Å². The van der Waals surface area contributed by atoms with Crippen molar-refractivity contribution in [3.05, 3.63) is 46.5 Å². The molecule has 2 aromatic rings. The zero-order valence-electron chi connectivity index (χ0n) is 17.8. The maximum atomic E-state index is 12.5. The number of hydrogen-bond acceptors (Lipinski definition) is 3. The quantitative estimate of drug-likeness (QED) is 0.602. The van der Waals surface area contributed by atoms with E-state index in [1.165, 1.54) is 49.7 Å². The lowest BCUT2D eigenvalue weighted by Gasteiger charge is -2.21. The molecule has 1 aliphatic rings. The maximum absolute atomic E-state index is 12.5. The molecule has 152 valence electrons. The second kappa shape index (κ2) is 9.99. The topological polar surface area (TPSA) is 47.8 Å². The fourth-order valence-corrected chi connectivity index (χ4v) is 4.65. The van der Waals surface area contributed by atoms with Crippen LogP contribution in [0.5, 0.6) is 0 Å². The Morgan fingerprint density at radius 1 is 1.00 bits per heavy atom. The van der Waals surface area contributed by atoms with E-state index < -0.39 is 0 Å². The van der Waals surface area contributed by atoms with Crippen LogP contribution in [0.4, 0.5) is 0 Å². The minimum absolute atomic E-state index is 0.277. The number of benzene rings is 1. The van der Waals surface area contributed by atoms with E-state index in [-0.39, 0.29) is 5.78 Å². The van der Waals surface area contributed by atoms with Gasteiger partial charge in [-0.25, -0.2) is 0 Å². The molecule has 0 unspecified atom stereocenters. The van der Waals surface area contributed by atoms with Gasteiger partial charge in [0.2, 0.25) is 0 Å². The fraction of sp³-hybridized carbons (Fsp3) is 0.625. The lowest BCUT2D eigenvalue weighted by molar-refractivity contribution is -0.118. The third kappa shape index (κ3) is 5.76. The average molecular weight is 382 g/mol. The van der Waals surface area contributed by atoms with E-state index in [0.29, 0.717) is 19.3 Å². The molecule has 1 fully saturated rings. The van der Waals surface area contributed by atoms with Gasteiger partial charge in [-0.3, -0.25) is 4.79 Å². The summed E-state index contributed by atoms with van der Waals surface area (Å²) >= 11 is 0. The van der Waals surface area contributed by atoms with Crippen molar-refractivity contribution in [2.24, 2.45) is 5.92 Å². The van der Waals surface area contributed by atoms with Gasteiger partial charge in [-0.05, 0) is 38.7 Å². The first-order chi connectivity index (χ1) is 13.5. The molecule has 0 bridgehead atoms. The van der Waals surface area contributed by atoms with Crippen molar-refractivity contribution in [3.8, 4) is 0 Å². The summed E-state index contributed by atoms with van der Waals surface area (Å²) in [4.78, 5) is 12.5. The monoisotopic (exact) mass is 381 g/mol. The zero-order valence-corrected chi connectivity index (χ0v) is 17.8. The first-order valence-corrected chi connectivity index (χ1v) is 11.0. The Labute approximate surface area is 169 Å². The molecule has 28 heavy (non-hydrogen) atoms. The molecule has 3 rings (SSSR count). The predicted molar refractivity (Wildman–Crippen MR) is 114 cm³/mol. The van der Waals surface area contributed by atoms with E-state index in [9.17, 15) is 4.79 Å². The van der Waals surface area contributed by atoms with Gasteiger partial charge in [-0.1, -0.05) is 61.4 Å². The van der Waals surface area contributed by atoms with E-state index in [0.717, 1.165) is 36.1 Å². The molecule has 0 aliphatic heterocycles. The molecule has 0 spiro atoms. The molecule has 0 amide bonds. The normalized spacial score (nSPS) is 15.1. The molecule has 0 radical (unpaired) electrons. The number of aromatic nitrogens is 3. The molecule has 1 aliphatic carbocycles. The van der Waals surface area contributed by atoms with Crippen LogP contribution in [0.1, 0.15) is 80.2 Å². The highest BCUT2D eigenvalue weighted by molar-refractivity contribution is 5.81. The summed E-state index contributed by atoms with van der Waals surface area (Å²) in [5.74, 6) is 3.21. The smallest absolute Gasteiger partial charge is 0.137 e. The maximum Gasteiger partial charge on any atom is 0.137 e. The van der Waals surface area contributed by atoms with Crippen molar-refractivity contribution in [1.29, 1.82) is 0 Å². The summed E-state index contributed by atoms with van der Waals surface area (Å²) in [5, 5.41) is 8.88. The predicted octanol–water partition coefficient (Wildman–Crippen LogP) is 5.17. The van der Waals surface area contributed by atoms with Gasteiger partial charge in [0, 0.05) is 32.2 Å². The number of hydrogen-bond donors (Lipinski definition) is 0. The molecule has 1 saturated carbocycles. The Morgan fingerprint density at radius 2 is 1.64 bits per heavy atom. The number of rotatable bonds is 9. The van der Waals surface area contributed by atoms with Gasteiger partial charge in [0.1, 0.15) is 17.4 Å². The molecule has 0 atom stereocenters. The zero-order chi connectivity index (χ0) is 19.9. The van der Waals surface area contributed by atoms with Gasteiger partial charge in [0.25, 0.3) is 0 Å². The van der Waals surface area contributed by atoms with Crippen molar-refractivity contribution < 1.29 is 4.79 Å². The molecule has 1 aromatic carbocycles. The van der Waals surface area contributed by atoms with Crippen LogP contribution < -0.4 is 0 Å². The summed E-state index contributed by atoms with van der Waals surface area (Å²) in [5.41, 5.74) is 3.56. The SMILES string of the molecule is CCn1c(CCC(=O)Cc2cc(C)cc(C)c2)nnc1CCC1CCCCC1. The second-order valence-corrected chi connectivity index (χ2v) is 8.53. The standard InChI is InChI=1S/C24H35N3O/c1-4-27-23(12-10-20-8-6-5-7-9-20)25-26-24(27)13-11-22(28)17-21-15-18(2)14-19(3)16-21/h14-16,20H,4-13,17H2,1-3H3. The minimum atomic E-state index is 0.277. The molecule has 1 heterocycles. The van der Waals surface area contributed by atoms with Gasteiger partial charge < -0.3 is 4.57 Å². The van der Waals surface area contributed by atoms with E-state index in [1.54, 1.807) is 0 Å². The van der Waals surface area contributed by atoms with Crippen LogP contribution in [-0.4, -0.2) is 20.5 Å². The van der Waals surface area contributed by atoms with Gasteiger partial charge in [-0.2, -0.15) is 0 Å².